The number of hydrogen-bond acceptors (Lipinski definition) is 4. The number of phenolic OH excluding ortho intramolecular Hbond substituents is 2. The van der Waals surface area contributed by atoms with E-state index in [2.05, 4.69) is 15.9 Å². The maximum Gasteiger partial charge on any atom is 0.200 e. The van der Waals surface area contributed by atoms with Crippen molar-refractivity contribution in [2.75, 3.05) is 11.9 Å². The lowest BCUT2D eigenvalue weighted by Gasteiger charge is -2.09. The van der Waals surface area contributed by atoms with E-state index in [-0.39, 0.29) is 22.6 Å². The average molecular weight is 351 g/mol. The number of ether oxygens (including phenoxy) is 1. The molecule has 2 rings (SSSR count). The molecule has 0 bridgehead atoms. The van der Waals surface area contributed by atoms with Gasteiger partial charge in [0.05, 0.1) is 17.7 Å². The third-order valence-electron chi connectivity index (χ3n) is 2.91. The van der Waals surface area contributed by atoms with E-state index in [1.54, 1.807) is 18.2 Å². The Hall–Kier alpha value is -2.01. The molecule has 0 aliphatic heterocycles. The van der Waals surface area contributed by atoms with Crippen molar-refractivity contribution in [1.29, 1.82) is 0 Å². The zero-order valence-electron chi connectivity index (χ0n) is 11.3. The summed E-state index contributed by atoms with van der Waals surface area (Å²) in [6.07, 6.45) is 0.847. The van der Waals surface area contributed by atoms with Crippen LogP contribution in [-0.2, 0) is 0 Å². The van der Waals surface area contributed by atoms with Gasteiger partial charge in [-0.2, -0.15) is 0 Å². The van der Waals surface area contributed by atoms with E-state index in [1.165, 1.54) is 24.3 Å². The molecule has 0 spiro atoms. The van der Waals surface area contributed by atoms with Gasteiger partial charge in [-0.25, -0.2) is 0 Å². The van der Waals surface area contributed by atoms with E-state index in [4.69, 9.17) is 4.74 Å². The Morgan fingerprint density at radius 1 is 1.05 bits per heavy atom. The second-order valence-corrected chi connectivity index (χ2v) is 5.21. The van der Waals surface area contributed by atoms with E-state index < -0.39 is 5.78 Å². The van der Waals surface area contributed by atoms with Gasteiger partial charge in [0, 0.05) is 11.4 Å². The summed E-state index contributed by atoms with van der Waals surface area (Å²) >= 11 is 3.30. The third kappa shape index (κ3) is 3.76. The molecule has 0 aliphatic rings. The Morgan fingerprint density at radius 2 is 1.76 bits per heavy atom. The fraction of sp³-hybridized carbons (Fsp3) is 0.188. The van der Waals surface area contributed by atoms with Crippen LogP contribution in [0, 0.1) is 0 Å². The largest absolute Gasteiger partial charge is 0.507 e. The molecule has 2 aromatic carbocycles. The monoisotopic (exact) mass is 350 g/mol. The summed E-state index contributed by atoms with van der Waals surface area (Å²) in [5, 5.41) is 20.5. The number of rotatable bonds is 6. The predicted octanol–water partition coefficient (Wildman–Crippen LogP) is 3.49. The van der Waals surface area contributed by atoms with Crippen molar-refractivity contribution >= 4 is 21.7 Å². The van der Waals surface area contributed by atoms with Crippen molar-refractivity contribution in [3.63, 3.8) is 0 Å². The minimum atomic E-state index is -0.433. The number of para-hydroxylation sites is 1. The van der Waals surface area contributed by atoms with Crippen molar-refractivity contribution in [3.05, 3.63) is 53.6 Å². The van der Waals surface area contributed by atoms with Crippen molar-refractivity contribution in [1.82, 2.24) is 0 Å². The molecule has 0 amide bonds. The lowest BCUT2D eigenvalue weighted by Crippen LogP contribution is -2.03. The molecule has 0 heterocycles. The Bertz CT molecular complexity index is 640. The summed E-state index contributed by atoms with van der Waals surface area (Å²) < 4.78 is 5.44. The van der Waals surface area contributed by atoms with Crippen LogP contribution in [-0.4, -0.2) is 27.9 Å². The Morgan fingerprint density at radius 3 is 2.43 bits per heavy atom. The molecule has 0 atom stereocenters. The molecule has 2 N–H and O–H groups in total. The number of alkyl halides is 1. The van der Waals surface area contributed by atoms with Gasteiger partial charge in [0.15, 0.2) is 5.78 Å². The lowest BCUT2D eigenvalue weighted by atomic mass is 10.0. The molecule has 0 fully saturated rings. The molecular weight excluding hydrogens is 336 g/mol. The molecule has 4 nitrogen and oxygen atoms in total. The van der Waals surface area contributed by atoms with Crippen LogP contribution in [0.5, 0.6) is 17.2 Å². The van der Waals surface area contributed by atoms with E-state index in [0.717, 1.165) is 11.8 Å². The zero-order chi connectivity index (χ0) is 15.2. The lowest BCUT2D eigenvalue weighted by molar-refractivity contribution is 0.103. The van der Waals surface area contributed by atoms with E-state index in [0.29, 0.717) is 12.4 Å². The average Bonchev–Trinajstić information content (AvgIpc) is 2.47. The molecule has 5 heteroatoms. The number of hydrogen-bond donors (Lipinski definition) is 2. The first kappa shape index (κ1) is 15.4. The topological polar surface area (TPSA) is 66.8 Å². The zero-order valence-corrected chi connectivity index (χ0v) is 12.8. The van der Waals surface area contributed by atoms with Crippen LogP contribution in [0.15, 0.2) is 42.5 Å². The predicted molar refractivity (Wildman–Crippen MR) is 83.6 cm³/mol. The first-order chi connectivity index (χ1) is 10.1. The molecule has 21 heavy (non-hydrogen) atoms. The van der Waals surface area contributed by atoms with Crippen LogP contribution >= 0.6 is 15.9 Å². The van der Waals surface area contributed by atoms with Gasteiger partial charge in [-0.15, -0.1) is 0 Å². The fourth-order valence-corrected chi connectivity index (χ4v) is 2.08. The van der Waals surface area contributed by atoms with E-state index in [1.807, 2.05) is 0 Å². The van der Waals surface area contributed by atoms with Crippen LogP contribution in [0.4, 0.5) is 0 Å². The van der Waals surface area contributed by atoms with Gasteiger partial charge in [0.2, 0.25) is 0 Å². The highest BCUT2D eigenvalue weighted by Gasteiger charge is 2.17. The Labute approximate surface area is 131 Å². The third-order valence-corrected chi connectivity index (χ3v) is 3.47. The van der Waals surface area contributed by atoms with Crippen LogP contribution in [0.3, 0.4) is 0 Å². The highest BCUT2D eigenvalue weighted by atomic mass is 79.9. The molecule has 0 unspecified atom stereocenters. The van der Waals surface area contributed by atoms with E-state index in [9.17, 15) is 15.0 Å². The van der Waals surface area contributed by atoms with E-state index >= 15 is 0 Å². The Balaban J connectivity index is 2.21. The number of aromatic hydroxyl groups is 2. The number of ketones is 1. The van der Waals surface area contributed by atoms with Crippen molar-refractivity contribution in [2.45, 2.75) is 6.42 Å². The van der Waals surface area contributed by atoms with Crippen molar-refractivity contribution < 1.29 is 19.7 Å². The molecule has 0 aromatic heterocycles. The molecule has 0 radical (unpaired) electrons. The number of carbonyl (C=O) groups excluding carboxylic acids is 1. The van der Waals surface area contributed by atoms with Gasteiger partial charge in [-0.05, 0) is 30.7 Å². The van der Waals surface area contributed by atoms with Crippen LogP contribution < -0.4 is 4.74 Å². The number of phenols is 2. The molecule has 0 saturated heterocycles. The van der Waals surface area contributed by atoms with Crippen LogP contribution in [0.25, 0.3) is 0 Å². The summed E-state index contributed by atoms with van der Waals surface area (Å²) in [5.41, 5.74) is 0.282. The fourth-order valence-electron chi connectivity index (χ4n) is 1.85. The van der Waals surface area contributed by atoms with Gasteiger partial charge in [-0.3, -0.25) is 4.79 Å². The highest BCUT2D eigenvalue weighted by molar-refractivity contribution is 9.09. The maximum atomic E-state index is 12.3. The summed E-state index contributed by atoms with van der Waals surface area (Å²) in [5.74, 6) is -0.209. The smallest absolute Gasteiger partial charge is 0.200 e. The molecule has 110 valence electrons. The summed E-state index contributed by atoms with van der Waals surface area (Å²) in [7, 11) is 0. The molecule has 0 saturated carbocycles. The normalized spacial score (nSPS) is 10.3. The number of benzene rings is 2. The SMILES string of the molecule is O=C(c1ccccc1O)c1ccc(OCCCBr)cc1O. The second-order valence-electron chi connectivity index (χ2n) is 4.42. The van der Waals surface area contributed by atoms with Crippen molar-refractivity contribution in [2.24, 2.45) is 0 Å². The van der Waals surface area contributed by atoms with Crippen LogP contribution in [0.1, 0.15) is 22.3 Å². The maximum absolute atomic E-state index is 12.3. The summed E-state index contributed by atoms with van der Waals surface area (Å²) in [4.78, 5) is 12.3. The summed E-state index contributed by atoms with van der Waals surface area (Å²) in [6, 6.07) is 10.8. The van der Waals surface area contributed by atoms with Crippen LogP contribution in [0.2, 0.25) is 0 Å². The van der Waals surface area contributed by atoms with Gasteiger partial charge in [0.25, 0.3) is 0 Å². The minimum Gasteiger partial charge on any atom is -0.507 e. The summed E-state index contributed by atoms with van der Waals surface area (Å²) in [6.45, 7) is 0.525. The first-order valence-corrected chi connectivity index (χ1v) is 7.60. The molecule has 2 aromatic rings. The quantitative estimate of drug-likeness (QED) is 0.475. The first-order valence-electron chi connectivity index (χ1n) is 6.48. The van der Waals surface area contributed by atoms with Gasteiger partial charge in [0.1, 0.15) is 17.2 Å². The standard InChI is InChI=1S/C16H15BrO4/c17-8-3-9-21-11-6-7-13(15(19)10-11)16(20)12-4-1-2-5-14(12)18/h1-2,4-7,10,18-19H,3,8-9H2. The van der Waals surface area contributed by atoms with Gasteiger partial charge in [-0.1, -0.05) is 28.1 Å². The van der Waals surface area contributed by atoms with Gasteiger partial charge < -0.3 is 14.9 Å². The molecular formula is C16H15BrO4. The molecule has 0 aliphatic carbocycles. The minimum absolute atomic E-state index is 0.112. The highest BCUT2D eigenvalue weighted by Crippen LogP contribution is 2.28. The van der Waals surface area contributed by atoms with Gasteiger partial charge >= 0.3 is 0 Å². The van der Waals surface area contributed by atoms with Crippen molar-refractivity contribution in [3.8, 4) is 17.2 Å². The Kier molecular flexibility index (Phi) is 5.22. The second kappa shape index (κ2) is 7.13. The number of halogens is 1. The number of carbonyl (C=O) groups is 1.